The van der Waals surface area contributed by atoms with Crippen molar-refractivity contribution in [3.8, 4) is 0 Å². The van der Waals surface area contributed by atoms with Crippen LogP contribution in [0, 0.1) is 0 Å². The molecule has 1 aromatic carbocycles. The molecule has 2 heterocycles. The van der Waals surface area contributed by atoms with Gasteiger partial charge < -0.3 is 19.7 Å². The number of hydrogen-bond donors (Lipinski definition) is 1. The van der Waals surface area contributed by atoms with Crippen molar-refractivity contribution >= 4 is 17.4 Å². The molecule has 0 aliphatic carbocycles. The molecule has 7 heteroatoms. The number of benzene rings is 1. The molecule has 1 saturated heterocycles. The van der Waals surface area contributed by atoms with E-state index in [2.05, 4.69) is 17.2 Å². The quantitative estimate of drug-likeness (QED) is 0.857. The highest BCUT2D eigenvalue weighted by atomic mass is 32.1. The molecule has 1 aliphatic heterocycles. The standard InChI is InChI=1S/C18H23N3O3S/c1-14(17-12-25-13-20-17)19-9-16-10-21(7-8-23-16)18(22)24-11-15-5-3-2-4-6-15/h2-6,12-14,16,19H,7-11H2,1H3. The Balaban J connectivity index is 1.43. The fourth-order valence-corrected chi connectivity index (χ4v) is 3.32. The van der Waals surface area contributed by atoms with E-state index >= 15 is 0 Å². The van der Waals surface area contributed by atoms with Gasteiger partial charge in [-0.1, -0.05) is 30.3 Å². The van der Waals surface area contributed by atoms with Gasteiger partial charge in [0.1, 0.15) is 6.61 Å². The first-order chi connectivity index (χ1) is 12.2. The van der Waals surface area contributed by atoms with Crippen LogP contribution < -0.4 is 5.32 Å². The highest BCUT2D eigenvalue weighted by Gasteiger charge is 2.25. The first-order valence-corrected chi connectivity index (χ1v) is 9.35. The Kier molecular flexibility index (Phi) is 6.38. The number of carbonyl (C=O) groups excluding carboxylic acids is 1. The molecule has 1 amide bonds. The molecular formula is C18H23N3O3S. The molecule has 0 radical (unpaired) electrons. The number of nitrogens with zero attached hydrogens (tertiary/aromatic N) is 2. The molecule has 2 aromatic rings. The summed E-state index contributed by atoms with van der Waals surface area (Å²) >= 11 is 1.59. The van der Waals surface area contributed by atoms with Crippen molar-refractivity contribution in [2.24, 2.45) is 0 Å². The summed E-state index contributed by atoms with van der Waals surface area (Å²) in [4.78, 5) is 18.3. The lowest BCUT2D eigenvalue weighted by atomic mass is 10.2. The van der Waals surface area contributed by atoms with E-state index in [1.54, 1.807) is 16.2 Å². The second-order valence-corrected chi connectivity index (χ2v) is 6.74. The third-order valence-corrected chi connectivity index (χ3v) is 4.75. The van der Waals surface area contributed by atoms with Gasteiger partial charge in [-0.25, -0.2) is 9.78 Å². The third kappa shape index (κ3) is 5.26. The molecular weight excluding hydrogens is 338 g/mol. The van der Waals surface area contributed by atoms with Crippen LogP contribution in [0.25, 0.3) is 0 Å². The summed E-state index contributed by atoms with van der Waals surface area (Å²) in [6.45, 7) is 4.65. The lowest BCUT2D eigenvalue weighted by molar-refractivity contribution is -0.0278. The van der Waals surface area contributed by atoms with Gasteiger partial charge in [0.2, 0.25) is 0 Å². The summed E-state index contributed by atoms with van der Waals surface area (Å²) in [5.74, 6) is 0. The second-order valence-electron chi connectivity index (χ2n) is 6.02. The first-order valence-electron chi connectivity index (χ1n) is 8.41. The average molecular weight is 361 g/mol. The van der Waals surface area contributed by atoms with Crippen LogP contribution in [0.15, 0.2) is 41.2 Å². The van der Waals surface area contributed by atoms with Gasteiger partial charge in [-0.15, -0.1) is 11.3 Å². The van der Waals surface area contributed by atoms with Gasteiger partial charge >= 0.3 is 6.09 Å². The summed E-state index contributed by atoms with van der Waals surface area (Å²) in [6.07, 6.45) is -0.330. The molecule has 2 unspecified atom stereocenters. The van der Waals surface area contributed by atoms with E-state index < -0.39 is 0 Å². The van der Waals surface area contributed by atoms with Crippen molar-refractivity contribution < 1.29 is 14.3 Å². The zero-order valence-corrected chi connectivity index (χ0v) is 15.1. The van der Waals surface area contributed by atoms with Crippen LogP contribution in [-0.4, -0.2) is 48.3 Å². The minimum Gasteiger partial charge on any atom is -0.445 e. The Hall–Kier alpha value is -1.96. The number of carbonyl (C=O) groups is 1. The number of aromatic nitrogens is 1. The molecule has 1 N–H and O–H groups in total. The van der Waals surface area contributed by atoms with Crippen molar-refractivity contribution in [2.75, 3.05) is 26.2 Å². The summed E-state index contributed by atoms with van der Waals surface area (Å²) in [5, 5.41) is 5.45. The van der Waals surface area contributed by atoms with Crippen LogP contribution >= 0.6 is 11.3 Å². The highest BCUT2D eigenvalue weighted by Crippen LogP contribution is 2.13. The number of nitrogens with one attached hydrogen (secondary N) is 1. The van der Waals surface area contributed by atoms with Crippen molar-refractivity contribution in [1.82, 2.24) is 15.2 Å². The molecule has 1 aromatic heterocycles. The second kappa shape index (κ2) is 8.94. The summed E-state index contributed by atoms with van der Waals surface area (Å²) < 4.78 is 11.2. The Bertz CT molecular complexity index is 651. The maximum atomic E-state index is 12.3. The van der Waals surface area contributed by atoms with E-state index in [-0.39, 0.29) is 18.2 Å². The number of rotatable bonds is 6. The van der Waals surface area contributed by atoms with E-state index in [1.807, 2.05) is 41.2 Å². The summed E-state index contributed by atoms with van der Waals surface area (Å²) in [6, 6.07) is 9.86. The van der Waals surface area contributed by atoms with Crippen molar-refractivity contribution in [1.29, 1.82) is 0 Å². The molecule has 0 bridgehead atoms. The molecule has 6 nitrogen and oxygen atoms in total. The summed E-state index contributed by atoms with van der Waals surface area (Å²) in [7, 11) is 0. The molecule has 1 aliphatic rings. The number of ether oxygens (including phenoxy) is 2. The zero-order valence-electron chi connectivity index (χ0n) is 14.3. The predicted octanol–water partition coefficient (Wildman–Crippen LogP) is 2.83. The monoisotopic (exact) mass is 361 g/mol. The zero-order chi connectivity index (χ0) is 17.5. The maximum Gasteiger partial charge on any atom is 0.410 e. The lowest BCUT2D eigenvalue weighted by Gasteiger charge is -2.32. The van der Waals surface area contributed by atoms with Crippen LogP contribution in [0.1, 0.15) is 24.2 Å². The maximum absolute atomic E-state index is 12.3. The van der Waals surface area contributed by atoms with E-state index in [0.717, 1.165) is 11.3 Å². The minimum absolute atomic E-state index is 0.0425. The van der Waals surface area contributed by atoms with Crippen LogP contribution in [0.3, 0.4) is 0 Å². The Morgan fingerprint density at radius 2 is 2.32 bits per heavy atom. The van der Waals surface area contributed by atoms with Crippen LogP contribution in [0.2, 0.25) is 0 Å². The molecule has 2 atom stereocenters. The van der Waals surface area contributed by atoms with Gasteiger partial charge in [-0.3, -0.25) is 0 Å². The van der Waals surface area contributed by atoms with Crippen LogP contribution in [0.5, 0.6) is 0 Å². The van der Waals surface area contributed by atoms with E-state index in [4.69, 9.17) is 9.47 Å². The van der Waals surface area contributed by atoms with Crippen LogP contribution in [0.4, 0.5) is 4.79 Å². The Labute approximate surface area is 151 Å². The molecule has 0 spiro atoms. The number of hydrogen-bond acceptors (Lipinski definition) is 6. The van der Waals surface area contributed by atoms with Gasteiger partial charge in [0.05, 0.1) is 30.5 Å². The number of thiazole rings is 1. The van der Waals surface area contributed by atoms with Crippen molar-refractivity contribution in [2.45, 2.75) is 25.7 Å². The molecule has 0 saturated carbocycles. The molecule has 25 heavy (non-hydrogen) atoms. The molecule has 3 rings (SSSR count). The SMILES string of the molecule is CC(NCC1CN(C(=O)OCc2ccccc2)CCO1)c1cscn1. The van der Waals surface area contributed by atoms with Gasteiger partial charge in [-0.2, -0.15) is 0 Å². The smallest absolute Gasteiger partial charge is 0.410 e. The van der Waals surface area contributed by atoms with Gasteiger partial charge in [-0.05, 0) is 12.5 Å². The Morgan fingerprint density at radius 3 is 3.08 bits per heavy atom. The van der Waals surface area contributed by atoms with Gasteiger partial charge in [0, 0.05) is 24.5 Å². The van der Waals surface area contributed by atoms with Crippen molar-refractivity contribution in [3.63, 3.8) is 0 Å². The lowest BCUT2D eigenvalue weighted by Crippen LogP contribution is -2.49. The number of morpholine rings is 1. The molecule has 134 valence electrons. The molecule has 1 fully saturated rings. The summed E-state index contributed by atoms with van der Waals surface area (Å²) in [5.41, 5.74) is 3.84. The highest BCUT2D eigenvalue weighted by molar-refractivity contribution is 7.07. The number of amides is 1. The van der Waals surface area contributed by atoms with Gasteiger partial charge in [0.15, 0.2) is 0 Å². The minimum atomic E-state index is -0.287. The fourth-order valence-electron chi connectivity index (χ4n) is 2.67. The normalized spacial score (nSPS) is 18.8. The van der Waals surface area contributed by atoms with E-state index in [9.17, 15) is 4.79 Å². The first kappa shape index (κ1) is 17.8. The Morgan fingerprint density at radius 1 is 1.48 bits per heavy atom. The topological polar surface area (TPSA) is 63.7 Å². The average Bonchev–Trinajstić information content (AvgIpc) is 3.20. The predicted molar refractivity (Wildman–Crippen MR) is 96.5 cm³/mol. The van der Waals surface area contributed by atoms with Crippen LogP contribution in [-0.2, 0) is 16.1 Å². The van der Waals surface area contributed by atoms with E-state index in [0.29, 0.717) is 32.8 Å². The largest absolute Gasteiger partial charge is 0.445 e. The van der Waals surface area contributed by atoms with Crippen molar-refractivity contribution in [3.05, 3.63) is 52.5 Å². The van der Waals surface area contributed by atoms with Gasteiger partial charge in [0.25, 0.3) is 0 Å². The fraction of sp³-hybridized carbons (Fsp3) is 0.444. The van der Waals surface area contributed by atoms with E-state index in [1.165, 1.54) is 0 Å². The third-order valence-electron chi connectivity index (χ3n) is 4.15.